The van der Waals surface area contributed by atoms with E-state index in [1.807, 2.05) is 75.4 Å². The van der Waals surface area contributed by atoms with Crippen molar-refractivity contribution >= 4 is 34.4 Å². The molecule has 0 fully saturated rings. The van der Waals surface area contributed by atoms with E-state index in [1.165, 1.54) is 0 Å². The number of carbonyl (C=O) groups excluding carboxylic acids is 1. The van der Waals surface area contributed by atoms with Crippen LogP contribution >= 0.6 is 22.6 Å². The first-order chi connectivity index (χ1) is 10.8. The Balaban J connectivity index is 2.17. The second-order valence-corrected chi connectivity index (χ2v) is 7.41. The highest BCUT2D eigenvalue weighted by molar-refractivity contribution is 14.1. The van der Waals surface area contributed by atoms with Gasteiger partial charge in [0, 0.05) is 3.57 Å². The van der Waals surface area contributed by atoms with E-state index >= 15 is 0 Å². The Bertz CT molecular complexity index is 636. The number of amides is 1. The minimum atomic E-state index is -0.533. The Morgan fingerprint density at radius 2 is 1.70 bits per heavy atom. The van der Waals surface area contributed by atoms with E-state index in [1.54, 1.807) is 5.01 Å². The van der Waals surface area contributed by atoms with Gasteiger partial charge >= 0.3 is 6.09 Å². The number of ether oxygens (including phenoxy) is 1. The molecule has 2 aromatic carbocycles. The summed E-state index contributed by atoms with van der Waals surface area (Å²) in [7, 11) is 0. The molecule has 0 saturated carbocycles. The molecule has 0 saturated heterocycles. The third-order valence-electron chi connectivity index (χ3n) is 2.95. The van der Waals surface area contributed by atoms with Gasteiger partial charge < -0.3 is 4.74 Å². The molecule has 4 nitrogen and oxygen atoms in total. The number of halogens is 1. The maximum absolute atomic E-state index is 12.1. The van der Waals surface area contributed by atoms with Gasteiger partial charge in [-0.15, -0.1) is 0 Å². The predicted molar refractivity (Wildman–Crippen MR) is 101 cm³/mol. The second-order valence-electron chi connectivity index (χ2n) is 6.16. The zero-order valence-electron chi connectivity index (χ0n) is 13.5. The van der Waals surface area contributed by atoms with E-state index in [0.29, 0.717) is 6.54 Å². The van der Waals surface area contributed by atoms with Gasteiger partial charge in [0.1, 0.15) is 5.60 Å². The number of hydrogen-bond acceptors (Lipinski definition) is 3. The average molecular weight is 424 g/mol. The van der Waals surface area contributed by atoms with Crippen LogP contribution in [0.5, 0.6) is 0 Å². The highest BCUT2D eigenvalue weighted by atomic mass is 127. The summed E-state index contributed by atoms with van der Waals surface area (Å²) in [5.41, 5.74) is 4.30. The van der Waals surface area contributed by atoms with Gasteiger partial charge in [0.05, 0.1) is 12.2 Å². The van der Waals surface area contributed by atoms with Gasteiger partial charge in [-0.25, -0.2) is 10.2 Å². The molecule has 1 amide bonds. The summed E-state index contributed by atoms with van der Waals surface area (Å²) in [5.74, 6) is 0. The molecule has 0 unspecified atom stereocenters. The van der Waals surface area contributed by atoms with Crippen LogP contribution in [0.3, 0.4) is 0 Å². The van der Waals surface area contributed by atoms with E-state index in [0.717, 1.165) is 14.8 Å². The lowest BCUT2D eigenvalue weighted by Crippen LogP contribution is -2.44. The molecule has 0 aliphatic rings. The van der Waals surface area contributed by atoms with Crippen LogP contribution in [-0.4, -0.2) is 11.7 Å². The van der Waals surface area contributed by atoms with Crippen LogP contribution < -0.4 is 10.4 Å². The quantitative estimate of drug-likeness (QED) is 0.570. The Kier molecular flexibility index (Phi) is 5.87. The molecule has 23 heavy (non-hydrogen) atoms. The van der Waals surface area contributed by atoms with Crippen LogP contribution in [0.2, 0.25) is 0 Å². The van der Waals surface area contributed by atoms with Gasteiger partial charge in [-0.1, -0.05) is 30.3 Å². The summed E-state index contributed by atoms with van der Waals surface area (Å²) < 4.78 is 6.50. The number of anilines is 1. The first-order valence-corrected chi connectivity index (χ1v) is 8.48. The molecule has 2 rings (SSSR count). The zero-order chi connectivity index (χ0) is 16.9. The summed E-state index contributed by atoms with van der Waals surface area (Å²) in [4.78, 5) is 12.1. The highest BCUT2D eigenvalue weighted by Crippen LogP contribution is 2.18. The fourth-order valence-electron chi connectivity index (χ4n) is 1.99. The standard InChI is InChI=1S/C18H21IN2O2/c1-18(2,3)23-17(22)20-21(13-14-7-5-4-6-8-14)16-11-9-15(19)10-12-16/h4-12H,13H2,1-3H3,(H,20,22). The summed E-state index contributed by atoms with van der Waals surface area (Å²) in [5, 5.41) is 1.79. The van der Waals surface area contributed by atoms with Crippen molar-refractivity contribution in [3.05, 3.63) is 63.7 Å². The first kappa shape index (κ1) is 17.6. The van der Waals surface area contributed by atoms with Gasteiger partial charge in [0.2, 0.25) is 0 Å². The van der Waals surface area contributed by atoms with Gasteiger partial charge in [-0.05, 0) is 73.2 Å². The van der Waals surface area contributed by atoms with Crippen molar-refractivity contribution in [2.45, 2.75) is 32.9 Å². The normalized spacial score (nSPS) is 11.0. The molecule has 1 N–H and O–H groups in total. The Hall–Kier alpha value is -1.76. The fourth-order valence-corrected chi connectivity index (χ4v) is 2.35. The molecule has 0 aromatic heterocycles. The molecular formula is C18H21IN2O2. The van der Waals surface area contributed by atoms with Crippen molar-refractivity contribution in [1.29, 1.82) is 0 Å². The van der Waals surface area contributed by atoms with Crippen LogP contribution in [0.25, 0.3) is 0 Å². The van der Waals surface area contributed by atoms with E-state index < -0.39 is 11.7 Å². The zero-order valence-corrected chi connectivity index (χ0v) is 15.7. The van der Waals surface area contributed by atoms with Crippen LogP contribution in [0, 0.1) is 3.57 Å². The van der Waals surface area contributed by atoms with E-state index in [4.69, 9.17) is 4.74 Å². The number of nitrogens with zero attached hydrogens (tertiary/aromatic N) is 1. The molecule has 2 aromatic rings. The highest BCUT2D eigenvalue weighted by Gasteiger charge is 2.19. The second kappa shape index (κ2) is 7.68. The number of hydrogen-bond donors (Lipinski definition) is 1. The summed E-state index contributed by atoms with van der Waals surface area (Å²) in [6, 6.07) is 17.9. The van der Waals surface area contributed by atoms with Gasteiger partial charge in [-0.3, -0.25) is 5.01 Å². The van der Waals surface area contributed by atoms with Crippen molar-refractivity contribution in [2.75, 3.05) is 5.01 Å². The number of nitrogens with one attached hydrogen (secondary N) is 1. The molecule has 0 aliphatic carbocycles. The number of rotatable bonds is 4. The van der Waals surface area contributed by atoms with Crippen LogP contribution in [0.15, 0.2) is 54.6 Å². The topological polar surface area (TPSA) is 41.6 Å². The molecule has 0 spiro atoms. The maximum Gasteiger partial charge on any atom is 0.426 e. The van der Waals surface area contributed by atoms with Crippen molar-refractivity contribution in [3.8, 4) is 0 Å². The van der Waals surface area contributed by atoms with Gasteiger partial charge in [0.15, 0.2) is 0 Å². The molecule has 5 heteroatoms. The number of carbonyl (C=O) groups is 1. The lowest BCUT2D eigenvalue weighted by molar-refractivity contribution is 0.0520. The van der Waals surface area contributed by atoms with Crippen molar-refractivity contribution < 1.29 is 9.53 Å². The molecule has 0 radical (unpaired) electrons. The smallest absolute Gasteiger partial charge is 0.426 e. The lowest BCUT2D eigenvalue weighted by atomic mass is 10.2. The number of benzene rings is 2. The van der Waals surface area contributed by atoms with Gasteiger partial charge in [-0.2, -0.15) is 0 Å². The fraction of sp³-hybridized carbons (Fsp3) is 0.278. The molecule has 0 aliphatic heterocycles. The SMILES string of the molecule is CC(C)(C)OC(=O)NN(Cc1ccccc1)c1ccc(I)cc1. The Labute approximate surface area is 150 Å². The summed E-state index contributed by atoms with van der Waals surface area (Å²) in [6.07, 6.45) is -0.466. The van der Waals surface area contributed by atoms with Crippen LogP contribution in [0.4, 0.5) is 10.5 Å². The summed E-state index contributed by atoms with van der Waals surface area (Å²) >= 11 is 2.26. The van der Waals surface area contributed by atoms with Crippen LogP contribution in [-0.2, 0) is 11.3 Å². The van der Waals surface area contributed by atoms with Gasteiger partial charge in [0.25, 0.3) is 0 Å². The van der Waals surface area contributed by atoms with Crippen molar-refractivity contribution in [3.63, 3.8) is 0 Å². The minimum absolute atomic E-state index is 0.466. The van der Waals surface area contributed by atoms with E-state index in [2.05, 4.69) is 28.0 Å². The Morgan fingerprint density at radius 3 is 2.26 bits per heavy atom. The monoisotopic (exact) mass is 424 g/mol. The molecule has 122 valence electrons. The predicted octanol–water partition coefficient (Wildman–Crippen LogP) is 4.74. The molecule has 0 atom stereocenters. The van der Waals surface area contributed by atoms with Crippen molar-refractivity contribution in [1.82, 2.24) is 5.43 Å². The number of hydrazine groups is 1. The minimum Gasteiger partial charge on any atom is -0.443 e. The third-order valence-corrected chi connectivity index (χ3v) is 3.67. The average Bonchev–Trinajstić information content (AvgIpc) is 2.46. The molecular weight excluding hydrogens is 403 g/mol. The molecule has 0 bridgehead atoms. The Morgan fingerprint density at radius 1 is 1.09 bits per heavy atom. The van der Waals surface area contributed by atoms with E-state index in [-0.39, 0.29) is 0 Å². The lowest BCUT2D eigenvalue weighted by Gasteiger charge is -2.28. The van der Waals surface area contributed by atoms with Crippen molar-refractivity contribution in [2.24, 2.45) is 0 Å². The van der Waals surface area contributed by atoms with E-state index in [9.17, 15) is 4.79 Å². The van der Waals surface area contributed by atoms with Crippen LogP contribution in [0.1, 0.15) is 26.3 Å². The molecule has 0 heterocycles. The maximum atomic E-state index is 12.1. The summed E-state index contributed by atoms with van der Waals surface area (Å²) in [6.45, 7) is 6.09. The largest absolute Gasteiger partial charge is 0.443 e. The third kappa shape index (κ3) is 6.09. The first-order valence-electron chi connectivity index (χ1n) is 7.40.